The molecule has 3 nitrogen and oxygen atoms in total. The van der Waals surface area contributed by atoms with Gasteiger partial charge in [-0.15, -0.1) is 0 Å². The van der Waals surface area contributed by atoms with Gasteiger partial charge in [0.2, 0.25) is 0 Å². The number of primary amides is 1. The molecule has 0 atom stereocenters. The van der Waals surface area contributed by atoms with Gasteiger partial charge in [-0.1, -0.05) is 22.9 Å². The van der Waals surface area contributed by atoms with E-state index in [1.807, 2.05) is 25.1 Å². The standard InChI is InChI=1S/C10H12BrNO2/c1-2-7-5-8(11)3-4-9(7)14-6-10(12)13/h3-5H,2,6H2,1H3,(H2,12,13). The van der Waals surface area contributed by atoms with Gasteiger partial charge in [0.15, 0.2) is 6.61 Å². The number of hydrogen-bond donors (Lipinski definition) is 1. The third kappa shape index (κ3) is 3.03. The van der Waals surface area contributed by atoms with Gasteiger partial charge < -0.3 is 10.5 Å². The van der Waals surface area contributed by atoms with Crippen molar-refractivity contribution in [1.82, 2.24) is 0 Å². The van der Waals surface area contributed by atoms with Gasteiger partial charge in [0.25, 0.3) is 5.91 Å². The molecule has 1 rings (SSSR count). The van der Waals surface area contributed by atoms with E-state index in [-0.39, 0.29) is 6.61 Å². The van der Waals surface area contributed by atoms with Crippen LogP contribution in [0, 0.1) is 0 Å². The van der Waals surface area contributed by atoms with E-state index in [9.17, 15) is 4.79 Å². The Morgan fingerprint density at radius 3 is 2.86 bits per heavy atom. The summed E-state index contributed by atoms with van der Waals surface area (Å²) in [6, 6.07) is 5.66. The fraction of sp³-hybridized carbons (Fsp3) is 0.300. The Morgan fingerprint density at radius 2 is 2.29 bits per heavy atom. The van der Waals surface area contributed by atoms with Crippen LogP contribution >= 0.6 is 15.9 Å². The van der Waals surface area contributed by atoms with Crippen molar-refractivity contribution in [3.8, 4) is 5.75 Å². The van der Waals surface area contributed by atoms with Gasteiger partial charge in [0.1, 0.15) is 5.75 Å². The molecule has 0 spiro atoms. The van der Waals surface area contributed by atoms with Crippen LogP contribution in [0.2, 0.25) is 0 Å². The minimum atomic E-state index is -0.463. The smallest absolute Gasteiger partial charge is 0.255 e. The van der Waals surface area contributed by atoms with Crippen molar-refractivity contribution in [2.24, 2.45) is 5.73 Å². The van der Waals surface area contributed by atoms with Gasteiger partial charge in [0.05, 0.1) is 0 Å². The Balaban J connectivity index is 2.80. The number of benzene rings is 1. The van der Waals surface area contributed by atoms with Crippen LogP contribution in [0.25, 0.3) is 0 Å². The first-order valence-electron chi connectivity index (χ1n) is 4.33. The van der Waals surface area contributed by atoms with Crippen LogP contribution in [0.3, 0.4) is 0 Å². The summed E-state index contributed by atoms with van der Waals surface area (Å²) in [4.78, 5) is 10.5. The van der Waals surface area contributed by atoms with Crippen molar-refractivity contribution in [1.29, 1.82) is 0 Å². The molecule has 1 aromatic rings. The van der Waals surface area contributed by atoms with Crippen LogP contribution in [0.15, 0.2) is 22.7 Å². The highest BCUT2D eigenvalue weighted by molar-refractivity contribution is 9.10. The Morgan fingerprint density at radius 1 is 1.57 bits per heavy atom. The molecule has 0 aromatic heterocycles. The van der Waals surface area contributed by atoms with Crippen LogP contribution in [0.5, 0.6) is 5.75 Å². The summed E-state index contributed by atoms with van der Waals surface area (Å²) >= 11 is 3.37. The Hall–Kier alpha value is -1.03. The molecule has 2 N–H and O–H groups in total. The monoisotopic (exact) mass is 257 g/mol. The van der Waals surface area contributed by atoms with E-state index in [1.54, 1.807) is 0 Å². The number of ether oxygens (including phenoxy) is 1. The molecule has 4 heteroatoms. The van der Waals surface area contributed by atoms with Gasteiger partial charge in [-0.3, -0.25) is 4.79 Å². The maximum atomic E-state index is 10.5. The Kier molecular flexibility index (Phi) is 3.95. The number of carbonyl (C=O) groups is 1. The Labute approximate surface area is 91.4 Å². The fourth-order valence-electron chi connectivity index (χ4n) is 1.11. The highest BCUT2D eigenvalue weighted by atomic mass is 79.9. The number of rotatable bonds is 4. The zero-order valence-corrected chi connectivity index (χ0v) is 9.50. The fourth-order valence-corrected chi connectivity index (χ4v) is 1.52. The average molecular weight is 258 g/mol. The number of nitrogens with two attached hydrogens (primary N) is 1. The topological polar surface area (TPSA) is 52.3 Å². The minimum absolute atomic E-state index is 0.0748. The molecule has 0 aliphatic heterocycles. The lowest BCUT2D eigenvalue weighted by atomic mass is 10.1. The summed E-state index contributed by atoms with van der Waals surface area (Å²) in [6.07, 6.45) is 0.855. The van der Waals surface area contributed by atoms with Crippen molar-refractivity contribution in [3.63, 3.8) is 0 Å². The van der Waals surface area contributed by atoms with Crippen LogP contribution in [0.1, 0.15) is 12.5 Å². The summed E-state index contributed by atoms with van der Waals surface area (Å²) in [7, 11) is 0. The molecule has 0 radical (unpaired) electrons. The molecule has 0 aliphatic rings. The molecule has 76 valence electrons. The molecule has 0 unspecified atom stereocenters. The maximum absolute atomic E-state index is 10.5. The van der Waals surface area contributed by atoms with Crippen molar-refractivity contribution in [3.05, 3.63) is 28.2 Å². The maximum Gasteiger partial charge on any atom is 0.255 e. The van der Waals surface area contributed by atoms with E-state index in [2.05, 4.69) is 15.9 Å². The second-order valence-electron chi connectivity index (χ2n) is 2.86. The predicted molar refractivity (Wildman–Crippen MR) is 58.2 cm³/mol. The first-order valence-corrected chi connectivity index (χ1v) is 5.12. The van der Waals surface area contributed by atoms with Crippen LogP contribution < -0.4 is 10.5 Å². The van der Waals surface area contributed by atoms with E-state index >= 15 is 0 Å². The zero-order chi connectivity index (χ0) is 10.6. The van der Waals surface area contributed by atoms with Crippen molar-refractivity contribution in [2.75, 3.05) is 6.61 Å². The summed E-state index contributed by atoms with van der Waals surface area (Å²) in [5.74, 6) is 0.254. The minimum Gasteiger partial charge on any atom is -0.484 e. The lowest BCUT2D eigenvalue weighted by Gasteiger charge is -2.08. The number of amides is 1. The predicted octanol–water partition coefficient (Wildman–Crippen LogP) is 1.88. The highest BCUT2D eigenvalue weighted by Gasteiger charge is 2.03. The van der Waals surface area contributed by atoms with Crippen LogP contribution in [0.4, 0.5) is 0 Å². The first kappa shape index (κ1) is 11.0. The largest absolute Gasteiger partial charge is 0.484 e. The molecule has 0 heterocycles. The van der Waals surface area contributed by atoms with E-state index in [1.165, 1.54) is 0 Å². The molecule has 0 saturated carbocycles. The number of hydrogen-bond acceptors (Lipinski definition) is 2. The third-order valence-electron chi connectivity index (χ3n) is 1.77. The summed E-state index contributed by atoms with van der Waals surface area (Å²) in [5.41, 5.74) is 6.04. The Bertz CT molecular complexity index is 339. The number of carbonyl (C=O) groups excluding carboxylic acids is 1. The number of halogens is 1. The quantitative estimate of drug-likeness (QED) is 0.896. The summed E-state index contributed by atoms with van der Waals surface area (Å²) in [6.45, 7) is 1.95. The van der Waals surface area contributed by atoms with Gasteiger partial charge >= 0.3 is 0 Å². The van der Waals surface area contributed by atoms with Gasteiger partial charge in [-0.25, -0.2) is 0 Å². The van der Waals surface area contributed by atoms with Crippen LogP contribution in [-0.4, -0.2) is 12.5 Å². The van der Waals surface area contributed by atoms with E-state index < -0.39 is 5.91 Å². The molecule has 0 saturated heterocycles. The second kappa shape index (κ2) is 5.00. The number of aryl methyl sites for hydroxylation is 1. The van der Waals surface area contributed by atoms with E-state index in [4.69, 9.17) is 10.5 Å². The van der Waals surface area contributed by atoms with Gasteiger partial charge in [0, 0.05) is 4.47 Å². The lowest BCUT2D eigenvalue weighted by Crippen LogP contribution is -2.20. The zero-order valence-electron chi connectivity index (χ0n) is 7.92. The molecule has 0 aliphatic carbocycles. The normalized spacial score (nSPS) is 9.86. The highest BCUT2D eigenvalue weighted by Crippen LogP contribution is 2.23. The van der Waals surface area contributed by atoms with Gasteiger partial charge in [-0.05, 0) is 30.2 Å². The average Bonchev–Trinajstić information content (AvgIpc) is 2.15. The second-order valence-corrected chi connectivity index (χ2v) is 3.78. The molecular weight excluding hydrogens is 246 g/mol. The first-order chi connectivity index (χ1) is 6.63. The van der Waals surface area contributed by atoms with E-state index in [0.29, 0.717) is 0 Å². The SMILES string of the molecule is CCc1cc(Br)ccc1OCC(N)=O. The van der Waals surface area contributed by atoms with Crippen molar-refractivity contribution in [2.45, 2.75) is 13.3 Å². The molecule has 0 bridgehead atoms. The molecule has 1 amide bonds. The molecular formula is C10H12BrNO2. The summed E-state index contributed by atoms with van der Waals surface area (Å²) < 4.78 is 6.25. The molecule has 14 heavy (non-hydrogen) atoms. The molecule has 0 fully saturated rings. The van der Waals surface area contributed by atoms with E-state index in [0.717, 1.165) is 22.2 Å². The third-order valence-corrected chi connectivity index (χ3v) is 2.27. The lowest BCUT2D eigenvalue weighted by molar-refractivity contribution is -0.119. The van der Waals surface area contributed by atoms with Crippen LogP contribution in [-0.2, 0) is 11.2 Å². The van der Waals surface area contributed by atoms with Gasteiger partial charge in [-0.2, -0.15) is 0 Å². The van der Waals surface area contributed by atoms with Crippen molar-refractivity contribution < 1.29 is 9.53 Å². The molecule has 1 aromatic carbocycles. The summed E-state index contributed by atoms with van der Waals surface area (Å²) in [5, 5.41) is 0. The van der Waals surface area contributed by atoms with Crippen molar-refractivity contribution >= 4 is 21.8 Å².